The summed E-state index contributed by atoms with van der Waals surface area (Å²) >= 11 is 0. The predicted octanol–water partition coefficient (Wildman–Crippen LogP) is 4.30. The van der Waals surface area contributed by atoms with Crippen LogP contribution in [-0.2, 0) is 4.74 Å². The number of methoxy groups -OCH3 is 1. The van der Waals surface area contributed by atoms with Gasteiger partial charge in [-0.05, 0) is 37.8 Å². The molecule has 168 valence electrons. The largest absolute Gasteiger partial charge is 0.381 e. The Morgan fingerprint density at radius 2 is 1.88 bits per heavy atom. The van der Waals surface area contributed by atoms with Gasteiger partial charge in [0.1, 0.15) is 12.1 Å². The van der Waals surface area contributed by atoms with Gasteiger partial charge in [0.15, 0.2) is 0 Å². The van der Waals surface area contributed by atoms with Crippen LogP contribution in [0.25, 0.3) is 22.0 Å². The van der Waals surface area contributed by atoms with Gasteiger partial charge in [0.05, 0.1) is 23.2 Å². The number of ether oxygens (including phenoxy) is 1. The van der Waals surface area contributed by atoms with Crippen molar-refractivity contribution in [2.75, 3.05) is 17.7 Å². The highest BCUT2D eigenvalue weighted by molar-refractivity contribution is 6.09. The molecular weight excluding hydrogens is 420 g/mol. The lowest BCUT2D eigenvalue weighted by Gasteiger charge is -2.28. The summed E-state index contributed by atoms with van der Waals surface area (Å²) in [6, 6.07) is 9.28. The second-order valence-electron chi connectivity index (χ2n) is 8.06. The van der Waals surface area contributed by atoms with Gasteiger partial charge >= 0.3 is 0 Å². The zero-order valence-electron chi connectivity index (χ0n) is 18.2. The smallest absolute Gasteiger partial charge is 0.256 e. The van der Waals surface area contributed by atoms with Crippen molar-refractivity contribution in [1.29, 1.82) is 0 Å². The van der Waals surface area contributed by atoms with Crippen LogP contribution < -0.4 is 10.6 Å². The number of nitrogens with zero attached hydrogens (tertiary/aromatic N) is 4. The number of fused-ring (bicyclic) bond motifs is 1. The molecule has 0 bridgehead atoms. The van der Waals surface area contributed by atoms with Gasteiger partial charge in [0, 0.05) is 42.2 Å². The van der Waals surface area contributed by atoms with Gasteiger partial charge in [-0.2, -0.15) is 0 Å². The van der Waals surface area contributed by atoms with Crippen LogP contribution >= 0.6 is 0 Å². The molecule has 0 saturated heterocycles. The Hall–Kier alpha value is -3.85. The third kappa shape index (κ3) is 4.54. The highest BCUT2D eigenvalue weighted by Crippen LogP contribution is 2.31. The minimum absolute atomic E-state index is 0.251. The summed E-state index contributed by atoms with van der Waals surface area (Å²) in [4.78, 5) is 26.5. The van der Waals surface area contributed by atoms with Crippen molar-refractivity contribution in [2.24, 2.45) is 0 Å². The molecule has 1 amide bonds. The number of carbonyl (C=O) groups is 1. The van der Waals surface area contributed by atoms with Crippen LogP contribution in [0.5, 0.6) is 0 Å². The van der Waals surface area contributed by atoms with E-state index in [0.717, 1.165) is 36.8 Å². The number of benzene rings is 1. The summed E-state index contributed by atoms with van der Waals surface area (Å²) in [6.07, 6.45) is 10.8. The Kier molecular flexibility index (Phi) is 5.95. The number of aromatic nitrogens is 4. The van der Waals surface area contributed by atoms with Gasteiger partial charge in [-0.15, -0.1) is 0 Å². The summed E-state index contributed by atoms with van der Waals surface area (Å²) in [7, 11) is 1.76. The predicted molar refractivity (Wildman–Crippen MR) is 124 cm³/mol. The summed E-state index contributed by atoms with van der Waals surface area (Å²) in [5.41, 5.74) is 2.69. The monoisotopic (exact) mass is 444 g/mol. The van der Waals surface area contributed by atoms with Gasteiger partial charge < -0.3 is 19.9 Å². The standard InChI is InChI=1S/C24H24N6O3/c1-32-18-9-7-17(8-10-18)28-24-26-13-20-21(29-24)19(16-11-27-33-14-16)12-25-22(20)30-23(31)15-5-3-2-4-6-15/h2-6,11-14,17-18H,7-10H2,1H3,(H,25,30,31)(H,26,28,29)/t17-,18-. The first-order valence-corrected chi connectivity index (χ1v) is 10.9. The first-order valence-electron chi connectivity index (χ1n) is 10.9. The second-order valence-corrected chi connectivity index (χ2v) is 8.06. The van der Waals surface area contributed by atoms with Crippen molar-refractivity contribution < 1.29 is 14.1 Å². The summed E-state index contributed by atoms with van der Waals surface area (Å²) < 4.78 is 10.5. The van der Waals surface area contributed by atoms with E-state index in [0.29, 0.717) is 34.3 Å². The van der Waals surface area contributed by atoms with E-state index < -0.39 is 0 Å². The fraction of sp³-hybridized carbons (Fsp3) is 0.292. The minimum atomic E-state index is -0.251. The molecule has 5 rings (SSSR count). The molecule has 3 aromatic heterocycles. The minimum Gasteiger partial charge on any atom is -0.381 e. The van der Waals surface area contributed by atoms with E-state index in [2.05, 4.69) is 25.8 Å². The molecule has 33 heavy (non-hydrogen) atoms. The van der Waals surface area contributed by atoms with Gasteiger partial charge in [-0.25, -0.2) is 15.0 Å². The third-order valence-corrected chi connectivity index (χ3v) is 5.97. The molecule has 2 N–H and O–H groups in total. The van der Waals surface area contributed by atoms with E-state index in [1.807, 2.05) is 18.2 Å². The molecule has 1 aliphatic rings. The molecule has 0 radical (unpaired) electrons. The number of hydrogen-bond donors (Lipinski definition) is 2. The van der Waals surface area contributed by atoms with E-state index in [4.69, 9.17) is 14.2 Å². The molecule has 1 aliphatic carbocycles. The van der Waals surface area contributed by atoms with Crippen LogP contribution in [0.2, 0.25) is 0 Å². The first kappa shape index (κ1) is 21.0. The van der Waals surface area contributed by atoms with E-state index in [9.17, 15) is 4.79 Å². The van der Waals surface area contributed by atoms with Crippen molar-refractivity contribution in [3.8, 4) is 11.1 Å². The normalized spacial score (nSPS) is 18.2. The molecule has 1 fully saturated rings. The zero-order chi connectivity index (χ0) is 22.6. The maximum atomic E-state index is 12.7. The molecule has 0 aliphatic heterocycles. The average molecular weight is 444 g/mol. The number of nitrogens with one attached hydrogen (secondary N) is 2. The zero-order valence-corrected chi connectivity index (χ0v) is 18.2. The lowest BCUT2D eigenvalue weighted by Crippen LogP contribution is -2.29. The molecule has 9 heteroatoms. The highest BCUT2D eigenvalue weighted by atomic mass is 16.5. The molecule has 0 spiro atoms. The van der Waals surface area contributed by atoms with Gasteiger partial charge in [-0.3, -0.25) is 4.79 Å². The lowest BCUT2D eigenvalue weighted by atomic mass is 9.93. The molecule has 3 heterocycles. The van der Waals surface area contributed by atoms with Crippen LogP contribution in [0.1, 0.15) is 36.0 Å². The van der Waals surface area contributed by atoms with E-state index in [1.54, 1.807) is 44.1 Å². The first-order chi connectivity index (χ1) is 16.2. The van der Waals surface area contributed by atoms with Gasteiger partial charge in [0.2, 0.25) is 5.95 Å². The van der Waals surface area contributed by atoms with E-state index >= 15 is 0 Å². The molecular formula is C24H24N6O3. The van der Waals surface area contributed by atoms with E-state index in [1.165, 1.54) is 0 Å². The quantitative estimate of drug-likeness (QED) is 0.452. The molecule has 0 unspecified atom stereocenters. The Morgan fingerprint density at radius 1 is 1.06 bits per heavy atom. The van der Waals surface area contributed by atoms with Crippen molar-refractivity contribution in [2.45, 2.75) is 37.8 Å². The average Bonchev–Trinajstić information content (AvgIpc) is 3.40. The summed E-state index contributed by atoms with van der Waals surface area (Å²) in [5.74, 6) is 0.679. The van der Waals surface area contributed by atoms with E-state index in [-0.39, 0.29) is 11.9 Å². The maximum absolute atomic E-state index is 12.7. The molecule has 4 aromatic rings. The second kappa shape index (κ2) is 9.33. The molecule has 1 saturated carbocycles. The Labute approximate surface area is 190 Å². The molecule has 9 nitrogen and oxygen atoms in total. The number of amides is 1. The van der Waals surface area contributed by atoms with Crippen LogP contribution in [-0.4, -0.2) is 45.3 Å². The van der Waals surface area contributed by atoms with Gasteiger partial charge in [0.25, 0.3) is 5.91 Å². The van der Waals surface area contributed by atoms with Crippen LogP contribution in [0, 0.1) is 0 Å². The lowest BCUT2D eigenvalue weighted by molar-refractivity contribution is 0.0681. The number of anilines is 2. The molecule has 0 atom stereocenters. The van der Waals surface area contributed by atoms with Crippen molar-refractivity contribution in [3.05, 3.63) is 60.7 Å². The maximum Gasteiger partial charge on any atom is 0.256 e. The van der Waals surface area contributed by atoms with Crippen LogP contribution in [0.4, 0.5) is 11.8 Å². The van der Waals surface area contributed by atoms with Crippen LogP contribution in [0.3, 0.4) is 0 Å². The topological polar surface area (TPSA) is 115 Å². The third-order valence-electron chi connectivity index (χ3n) is 5.97. The van der Waals surface area contributed by atoms with Gasteiger partial charge in [-0.1, -0.05) is 23.4 Å². The summed E-state index contributed by atoms with van der Waals surface area (Å²) in [5, 5.41) is 10.8. The Bertz CT molecular complexity index is 1240. The Balaban J connectivity index is 1.47. The fourth-order valence-corrected chi connectivity index (χ4v) is 4.13. The number of hydrogen-bond acceptors (Lipinski definition) is 8. The van der Waals surface area contributed by atoms with Crippen molar-refractivity contribution >= 4 is 28.6 Å². The number of carbonyl (C=O) groups excluding carboxylic acids is 1. The van der Waals surface area contributed by atoms with Crippen molar-refractivity contribution in [1.82, 2.24) is 20.1 Å². The summed E-state index contributed by atoms with van der Waals surface area (Å²) in [6.45, 7) is 0. The van der Waals surface area contributed by atoms with Crippen LogP contribution in [0.15, 0.2) is 59.7 Å². The fourth-order valence-electron chi connectivity index (χ4n) is 4.13. The van der Waals surface area contributed by atoms with Crippen molar-refractivity contribution in [3.63, 3.8) is 0 Å². The number of pyridine rings is 1. The molecule has 1 aromatic carbocycles. The number of rotatable bonds is 6. The highest BCUT2D eigenvalue weighted by Gasteiger charge is 2.22. The Morgan fingerprint density at radius 3 is 2.61 bits per heavy atom. The SMILES string of the molecule is CO[C@H]1CC[C@H](Nc2ncc3c(NC(=O)c4ccccc4)ncc(-c4cnoc4)c3n2)CC1.